The summed E-state index contributed by atoms with van der Waals surface area (Å²) in [6.07, 6.45) is 7.49. The maximum absolute atomic E-state index is 12.2. The highest BCUT2D eigenvalue weighted by Gasteiger charge is 2.25. The molecule has 0 aliphatic carbocycles. The van der Waals surface area contributed by atoms with Crippen LogP contribution >= 0.6 is 12.4 Å². The van der Waals surface area contributed by atoms with Gasteiger partial charge < -0.3 is 4.74 Å². The van der Waals surface area contributed by atoms with E-state index in [1.165, 1.54) is 24.8 Å². The van der Waals surface area contributed by atoms with Crippen LogP contribution in [0.25, 0.3) is 0 Å². The number of unbranched alkanes of at least 4 members (excludes halogenated alkanes) is 2. The van der Waals surface area contributed by atoms with Crippen LogP contribution in [-0.2, 0) is 9.53 Å². The average molecular weight is 340 g/mol. The molecule has 0 saturated carbocycles. The van der Waals surface area contributed by atoms with Crippen LogP contribution in [0.2, 0.25) is 0 Å². The van der Waals surface area contributed by atoms with Crippen molar-refractivity contribution in [2.75, 3.05) is 19.7 Å². The SMILES string of the molecule is CCCCCOC(=O)CC(c1ccccc1)N1CCCCC1.Cl. The third-order valence-corrected chi connectivity index (χ3v) is 4.39. The van der Waals surface area contributed by atoms with E-state index in [9.17, 15) is 4.79 Å². The third kappa shape index (κ3) is 6.92. The van der Waals surface area contributed by atoms with E-state index in [0.29, 0.717) is 13.0 Å². The lowest BCUT2D eigenvalue weighted by atomic mass is 9.99. The number of hydrogen-bond donors (Lipinski definition) is 0. The Hall–Kier alpha value is -1.06. The molecule has 0 bridgehead atoms. The predicted molar refractivity (Wildman–Crippen MR) is 97.0 cm³/mol. The molecule has 2 rings (SSSR count). The molecule has 1 aliphatic heterocycles. The first-order chi connectivity index (χ1) is 10.8. The molecule has 0 N–H and O–H groups in total. The second kappa shape index (κ2) is 11.5. The molecule has 1 unspecified atom stereocenters. The van der Waals surface area contributed by atoms with Crippen molar-refractivity contribution in [1.29, 1.82) is 0 Å². The molecule has 1 atom stereocenters. The molecule has 1 aromatic rings. The number of piperidine rings is 1. The lowest BCUT2D eigenvalue weighted by Gasteiger charge is -2.34. The number of rotatable bonds is 8. The van der Waals surface area contributed by atoms with Gasteiger partial charge in [-0.1, -0.05) is 56.5 Å². The Morgan fingerprint density at radius 2 is 1.83 bits per heavy atom. The van der Waals surface area contributed by atoms with Crippen molar-refractivity contribution in [2.45, 2.75) is 57.9 Å². The first-order valence-electron chi connectivity index (χ1n) is 8.76. The summed E-state index contributed by atoms with van der Waals surface area (Å²) >= 11 is 0. The van der Waals surface area contributed by atoms with Crippen LogP contribution in [0.5, 0.6) is 0 Å². The molecule has 3 nitrogen and oxygen atoms in total. The zero-order valence-corrected chi connectivity index (χ0v) is 15.0. The molecular weight excluding hydrogens is 310 g/mol. The van der Waals surface area contributed by atoms with Gasteiger partial charge in [-0.15, -0.1) is 12.4 Å². The van der Waals surface area contributed by atoms with E-state index < -0.39 is 0 Å². The Morgan fingerprint density at radius 3 is 2.48 bits per heavy atom. The number of hydrogen-bond acceptors (Lipinski definition) is 3. The maximum atomic E-state index is 12.2. The van der Waals surface area contributed by atoms with Crippen LogP contribution in [0.15, 0.2) is 30.3 Å². The van der Waals surface area contributed by atoms with E-state index in [-0.39, 0.29) is 24.4 Å². The van der Waals surface area contributed by atoms with Crippen LogP contribution < -0.4 is 0 Å². The van der Waals surface area contributed by atoms with Crippen molar-refractivity contribution in [3.63, 3.8) is 0 Å². The van der Waals surface area contributed by atoms with Gasteiger partial charge in [0, 0.05) is 6.04 Å². The number of carbonyl (C=O) groups is 1. The fraction of sp³-hybridized carbons (Fsp3) is 0.632. The number of esters is 1. The number of halogens is 1. The van der Waals surface area contributed by atoms with Gasteiger partial charge in [-0.05, 0) is 37.9 Å². The van der Waals surface area contributed by atoms with Gasteiger partial charge in [0.25, 0.3) is 0 Å². The Balaban J connectivity index is 0.00000264. The Labute approximate surface area is 146 Å². The summed E-state index contributed by atoms with van der Waals surface area (Å²) in [7, 11) is 0. The van der Waals surface area contributed by atoms with Crippen molar-refractivity contribution in [2.24, 2.45) is 0 Å². The van der Waals surface area contributed by atoms with E-state index >= 15 is 0 Å². The lowest BCUT2D eigenvalue weighted by molar-refractivity contribution is -0.145. The van der Waals surface area contributed by atoms with Gasteiger partial charge in [0.2, 0.25) is 0 Å². The van der Waals surface area contributed by atoms with E-state index in [2.05, 4.69) is 36.1 Å². The highest BCUT2D eigenvalue weighted by atomic mass is 35.5. The fourth-order valence-electron chi connectivity index (χ4n) is 3.12. The molecule has 130 valence electrons. The largest absolute Gasteiger partial charge is 0.466 e. The number of ether oxygens (including phenoxy) is 1. The molecule has 1 aliphatic rings. The zero-order chi connectivity index (χ0) is 15.6. The van der Waals surface area contributed by atoms with Crippen molar-refractivity contribution in [3.8, 4) is 0 Å². The topological polar surface area (TPSA) is 29.5 Å². The van der Waals surface area contributed by atoms with Crippen LogP contribution in [-0.4, -0.2) is 30.6 Å². The van der Waals surface area contributed by atoms with Crippen LogP contribution in [0.1, 0.15) is 63.5 Å². The van der Waals surface area contributed by atoms with E-state index in [0.717, 1.165) is 32.4 Å². The second-order valence-electron chi connectivity index (χ2n) is 6.15. The Bertz CT molecular complexity index is 432. The summed E-state index contributed by atoms with van der Waals surface area (Å²) in [6.45, 7) is 4.89. The number of nitrogens with zero attached hydrogens (tertiary/aromatic N) is 1. The number of likely N-dealkylation sites (tertiary alicyclic amines) is 1. The van der Waals surface area contributed by atoms with Gasteiger partial charge in [-0.25, -0.2) is 0 Å². The molecule has 0 aromatic heterocycles. The summed E-state index contributed by atoms with van der Waals surface area (Å²) in [6, 6.07) is 10.6. The van der Waals surface area contributed by atoms with E-state index in [1.807, 2.05) is 6.07 Å². The summed E-state index contributed by atoms with van der Waals surface area (Å²) in [4.78, 5) is 14.6. The third-order valence-electron chi connectivity index (χ3n) is 4.39. The smallest absolute Gasteiger partial charge is 0.307 e. The summed E-state index contributed by atoms with van der Waals surface area (Å²) < 4.78 is 5.42. The fourth-order valence-corrected chi connectivity index (χ4v) is 3.12. The molecule has 1 saturated heterocycles. The molecule has 0 radical (unpaired) electrons. The van der Waals surface area contributed by atoms with Gasteiger partial charge >= 0.3 is 5.97 Å². The average Bonchev–Trinajstić information content (AvgIpc) is 2.58. The van der Waals surface area contributed by atoms with Crippen LogP contribution in [0, 0.1) is 0 Å². The highest BCUT2D eigenvalue weighted by Crippen LogP contribution is 2.27. The van der Waals surface area contributed by atoms with Crippen molar-refractivity contribution >= 4 is 18.4 Å². The standard InChI is InChI=1S/C19H29NO2.ClH/c1-2-3-10-15-22-19(21)16-18(17-11-6-4-7-12-17)20-13-8-5-9-14-20;/h4,6-7,11-12,18H,2-3,5,8-10,13-16H2,1H3;1H. The summed E-state index contributed by atoms with van der Waals surface area (Å²) in [5, 5.41) is 0. The zero-order valence-electron chi connectivity index (χ0n) is 14.2. The van der Waals surface area contributed by atoms with E-state index in [4.69, 9.17) is 4.74 Å². The van der Waals surface area contributed by atoms with Crippen molar-refractivity contribution in [1.82, 2.24) is 4.90 Å². The molecule has 0 spiro atoms. The van der Waals surface area contributed by atoms with Gasteiger partial charge in [-0.2, -0.15) is 0 Å². The van der Waals surface area contributed by atoms with Gasteiger partial charge in [0.1, 0.15) is 0 Å². The number of carbonyl (C=O) groups excluding carboxylic acids is 1. The molecule has 1 fully saturated rings. The number of benzene rings is 1. The van der Waals surface area contributed by atoms with Gasteiger partial charge in [0.15, 0.2) is 0 Å². The molecule has 4 heteroatoms. The molecular formula is C19H30ClNO2. The van der Waals surface area contributed by atoms with Gasteiger partial charge in [0.05, 0.1) is 13.0 Å². The highest BCUT2D eigenvalue weighted by molar-refractivity contribution is 5.85. The minimum absolute atomic E-state index is 0. The maximum Gasteiger partial charge on any atom is 0.307 e. The summed E-state index contributed by atoms with van der Waals surface area (Å²) in [5.74, 6) is -0.0597. The predicted octanol–water partition coefficient (Wildman–Crippen LogP) is 4.76. The molecule has 1 aromatic carbocycles. The first-order valence-corrected chi connectivity index (χ1v) is 8.76. The normalized spacial score (nSPS) is 16.4. The Kier molecular flexibility index (Phi) is 9.97. The molecule has 0 amide bonds. The minimum atomic E-state index is -0.0597. The summed E-state index contributed by atoms with van der Waals surface area (Å²) in [5.41, 5.74) is 1.23. The van der Waals surface area contributed by atoms with Crippen molar-refractivity contribution in [3.05, 3.63) is 35.9 Å². The second-order valence-corrected chi connectivity index (χ2v) is 6.15. The monoisotopic (exact) mass is 339 g/mol. The lowest BCUT2D eigenvalue weighted by Crippen LogP contribution is -2.35. The van der Waals surface area contributed by atoms with E-state index in [1.54, 1.807) is 0 Å². The first kappa shape index (κ1) is 20.0. The Morgan fingerprint density at radius 1 is 1.13 bits per heavy atom. The van der Waals surface area contributed by atoms with Crippen LogP contribution in [0.4, 0.5) is 0 Å². The van der Waals surface area contributed by atoms with Gasteiger partial charge in [-0.3, -0.25) is 9.69 Å². The van der Waals surface area contributed by atoms with Crippen molar-refractivity contribution < 1.29 is 9.53 Å². The van der Waals surface area contributed by atoms with Crippen LogP contribution in [0.3, 0.4) is 0 Å². The quantitative estimate of drug-likeness (QED) is 0.505. The molecule has 1 heterocycles. The molecule has 23 heavy (non-hydrogen) atoms. The minimum Gasteiger partial charge on any atom is -0.466 e.